The number of carboxylic acid groups (broad SMARTS) is 1. The van der Waals surface area contributed by atoms with Gasteiger partial charge in [0.2, 0.25) is 5.82 Å². The van der Waals surface area contributed by atoms with Crippen LogP contribution < -0.4 is 5.73 Å². The molecule has 18 heavy (non-hydrogen) atoms. The molecule has 1 unspecified atom stereocenters. The zero-order chi connectivity index (χ0) is 14.0. The largest absolute Gasteiger partial charge is 0.480 e. The van der Waals surface area contributed by atoms with Gasteiger partial charge in [-0.1, -0.05) is 0 Å². The quantitative estimate of drug-likeness (QED) is 0.497. The third-order valence-corrected chi connectivity index (χ3v) is 2.32. The van der Waals surface area contributed by atoms with Crippen molar-refractivity contribution >= 4 is 5.97 Å². The summed E-state index contributed by atoms with van der Waals surface area (Å²) in [5, 5.41) is 8.43. The van der Waals surface area contributed by atoms with Crippen molar-refractivity contribution in [3.63, 3.8) is 0 Å². The van der Waals surface area contributed by atoms with E-state index in [-0.39, 0.29) is 0 Å². The summed E-state index contributed by atoms with van der Waals surface area (Å²) < 4.78 is 64.5. The van der Waals surface area contributed by atoms with Crippen LogP contribution in [0.2, 0.25) is 0 Å². The Labute approximate surface area is 98.0 Å². The maximum Gasteiger partial charge on any atom is 0.320 e. The normalized spacial score (nSPS) is 12.6. The van der Waals surface area contributed by atoms with Crippen molar-refractivity contribution in [2.45, 2.75) is 18.9 Å². The lowest BCUT2D eigenvalue weighted by molar-refractivity contribution is -0.138. The third kappa shape index (κ3) is 2.58. The van der Waals surface area contributed by atoms with Crippen LogP contribution in [0.5, 0.6) is 0 Å². The first-order valence-electron chi connectivity index (χ1n) is 4.76. The van der Waals surface area contributed by atoms with Gasteiger partial charge in [-0.3, -0.25) is 4.79 Å². The molecule has 1 aromatic rings. The molecule has 0 aliphatic heterocycles. The van der Waals surface area contributed by atoms with Gasteiger partial charge in [0, 0.05) is 5.56 Å². The highest BCUT2D eigenvalue weighted by Gasteiger charge is 2.26. The second-order valence-electron chi connectivity index (χ2n) is 3.53. The summed E-state index contributed by atoms with van der Waals surface area (Å²) in [5.74, 6) is -11.7. The summed E-state index contributed by atoms with van der Waals surface area (Å²) in [6.07, 6.45) is -1.12. The van der Waals surface area contributed by atoms with Gasteiger partial charge in [-0.2, -0.15) is 0 Å². The van der Waals surface area contributed by atoms with Crippen LogP contribution in [0.4, 0.5) is 22.0 Å². The fourth-order valence-corrected chi connectivity index (χ4v) is 1.29. The second kappa shape index (κ2) is 5.30. The van der Waals surface area contributed by atoms with Crippen LogP contribution in [-0.2, 0) is 11.2 Å². The maximum absolute atomic E-state index is 13.1. The molecule has 0 heterocycles. The van der Waals surface area contributed by atoms with E-state index in [0.717, 1.165) is 0 Å². The molecule has 1 rings (SSSR count). The summed E-state index contributed by atoms with van der Waals surface area (Å²) in [4.78, 5) is 10.4. The highest BCUT2D eigenvalue weighted by molar-refractivity contribution is 5.73. The molecule has 1 atom stereocenters. The van der Waals surface area contributed by atoms with Crippen molar-refractivity contribution in [1.82, 2.24) is 0 Å². The minimum absolute atomic E-state index is 0.451. The first-order valence-corrected chi connectivity index (χ1v) is 4.76. The minimum atomic E-state index is -2.25. The fourth-order valence-electron chi connectivity index (χ4n) is 1.29. The molecule has 0 saturated carbocycles. The van der Waals surface area contributed by atoms with Gasteiger partial charge in [-0.25, -0.2) is 22.0 Å². The molecule has 0 aromatic heterocycles. The smallest absolute Gasteiger partial charge is 0.320 e. The molecule has 0 saturated heterocycles. The predicted molar refractivity (Wildman–Crippen MR) is 50.2 cm³/mol. The zero-order valence-corrected chi connectivity index (χ0v) is 8.81. The van der Waals surface area contributed by atoms with Crippen molar-refractivity contribution < 1.29 is 31.9 Å². The maximum atomic E-state index is 13.1. The van der Waals surface area contributed by atoms with Gasteiger partial charge in [0.25, 0.3) is 0 Å². The van der Waals surface area contributed by atoms with E-state index in [2.05, 4.69) is 0 Å². The van der Waals surface area contributed by atoms with Crippen LogP contribution in [0.1, 0.15) is 12.0 Å². The molecule has 0 bridgehead atoms. The highest BCUT2D eigenvalue weighted by atomic mass is 19.2. The number of benzene rings is 1. The van der Waals surface area contributed by atoms with Gasteiger partial charge in [0.15, 0.2) is 23.3 Å². The predicted octanol–water partition coefficient (Wildman–Crippen LogP) is 1.73. The number of halogens is 5. The number of carbonyl (C=O) groups is 1. The van der Waals surface area contributed by atoms with Gasteiger partial charge in [-0.05, 0) is 12.8 Å². The number of rotatable bonds is 4. The van der Waals surface area contributed by atoms with Gasteiger partial charge in [0.1, 0.15) is 6.04 Å². The van der Waals surface area contributed by atoms with Gasteiger partial charge in [0.05, 0.1) is 0 Å². The number of hydrogen-bond donors (Lipinski definition) is 2. The van der Waals surface area contributed by atoms with Gasteiger partial charge >= 0.3 is 5.97 Å². The molecule has 3 N–H and O–H groups in total. The van der Waals surface area contributed by atoms with E-state index in [1.807, 2.05) is 0 Å². The van der Waals surface area contributed by atoms with E-state index in [0.29, 0.717) is 0 Å². The Balaban J connectivity index is 3.07. The second-order valence-corrected chi connectivity index (χ2v) is 3.53. The van der Waals surface area contributed by atoms with Crippen LogP contribution >= 0.6 is 0 Å². The highest BCUT2D eigenvalue weighted by Crippen LogP contribution is 2.24. The Hall–Kier alpha value is -1.70. The average molecular weight is 269 g/mol. The topological polar surface area (TPSA) is 63.3 Å². The van der Waals surface area contributed by atoms with E-state index in [9.17, 15) is 26.7 Å². The lowest BCUT2D eigenvalue weighted by atomic mass is 10.0. The first kappa shape index (κ1) is 14.4. The summed E-state index contributed by atoms with van der Waals surface area (Å²) in [6, 6.07) is -1.44. The summed E-state index contributed by atoms with van der Waals surface area (Å²) in [5.41, 5.74) is 4.00. The minimum Gasteiger partial charge on any atom is -0.480 e. The van der Waals surface area contributed by atoms with Gasteiger partial charge in [-0.15, -0.1) is 0 Å². The Bertz CT molecular complexity index is 463. The number of nitrogens with two attached hydrogens (primary N) is 1. The van der Waals surface area contributed by atoms with Crippen LogP contribution in [0.3, 0.4) is 0 Å². The molecule has 0 fully saturated rings. The standard InChI is InChI=1S/C10H8F5NO2/c11-5-3(1-2-4(16)10(17)18)6(12)8(14)9(15)7(5)13/h4H,1-2,16H2,(H,17,18). The van der Waals surface area contributed by atoms with Crippen molar-refractivity contribution in [1.29, 1.82) is 0 Å². The molecule has 8 heteroatoms. The van der Waals surface area contributed by atoms with Crippen LogP contribution in [0.15, 0.2) is 0 Å². The SMILES string of the molecule is NC(CCc1c(F)c(F)c(F)c(F)c1F)C(=O)O. The molecule has 0 spiro atoms. The van der Waals surface area contributed by atoms with Crippen LogP contribution in [0, 0.1) is 29.1 Å². The van der Waals surface area contributed by atoms with E-state index in [1.54, 1.807) is 0 Å². The number of hydrogen-bond acceptors (Lipinski definition) is 2. The van der Waals surface area contributed by atoms with Crippen LogP contribution in [-0.4, -0.2) is 17.1 Å². The summed E-state index contributed by atoms with van der Waals surface area (Å²) in [7, 11) is 0. The molecule has 3 nitrogen and oxygen atoms in total. The molecule has 1 aromatic carbocycles. The fraction of sp³-hybridized carbons (Fsp3) is 0.300. The lowest BCUT2D eigenvalue weighted by Gasteiger charge is -2.09. The van der Waals surface area contributed by atoms with Crippen molar-refractivity contribution in [2.24, 2.45) is 5.73 Å². The van der Waals surface area contributed by atoms with E-state index in [4.69, 9.17) is 10.8 Å². The third-order valence-electron chi connectivity index (χ3n) is 2.32. The molecule has 100 valence electrons. The Morgan fingerprint density at radius 2 is 1.39 bits per heavy atom. The molecular weight excluding hydrogens is 261 g/mol. The molecule has 0 radical (unpaired) electrons. The van der Waals surface area contributed by atoms with E-state index < -0.39 is 59.5 Å². The molecule has 0 aliphatic rings. The summed E-state index contributed by atoms with van der Waals surface area (Å²) in [6.45, 7) is 0. The first-order chi connectivity index (χ1) is 8.27. The van der Waals surface area contributed by atoms with Crippen LogP contribution in [0.25, 0.3) is 0 Å². The summed E-state index contributed by atoms with van der Waals surface area (Å²) >= 11 is 0. The zero-order valence-electron chi connectivity index (χ0n) is 8.81. The molecular formula is C10H8F5NO2. The Morgan fingerprint density at radius 1 is 1.00 bits per heavy atom. The number of aliphatic carboxylic acids is 1. The number of carboxylic acids is 1. The molecule has 0 amide bonds. The van der Waals surface area contributed by atoms with Crippen molar-refractivity contribution in [3.8, 4) is 0 Å². The van der Waals surface area contributed by atoms with Gasteiger partial charge < -0.3 is 10.8 Å². The average Bonchev–Trinajstić information content (AvgIpc) is 2.33. The lowest BCUT2D eigenvalue weighted by Crippen LogP contribution is -2.30. The Morgan fingerprint density at radius 3 is 1.78 bits per heavy atom. The Kier molecular flexibility index (Phi) is 4.23. The van der Waals surface area contributed by atoms with Crippen molar-refractivity contribution in [2.75, 3.05) is 0 Å². The van der Waals surface area contributed by atoms with Crippen molar-refractivity contribution in [3.05, 3.63) is 34.6 Å². The van der Waals surface area contributed by atoms with E-state index >= 15 is 0 Å². The van der Waals surface area contributed by atoms with E-state index in [1.165, 1.54) is 0 Å². The monoisotopic (exact) mass is 269 g/mol. The molecule has 0 aliphatic carbocycles.